The van der Waals surface area contributed by atoms with Gasteiger partial charge in [0.2, 0.25) is 5.91 Å². The van der Waals surface area contributed by atoms with E-state index in [1.807, 2.05) is 13.8 Å². The predicted octanol–water partition coefficient (Wildman–Crippen LogP) is 2.77. The zero-order valence-electron chi connectivity index (χ0n) is 10.3. The third-order valence-corrected chi connectivity index (χ3v) is 3.46. The SMILES string of the molecule is CC(C)NC(=O)C1(c2ccc(F)cc2)CCC1. The lowest BCUT2D eigenvalue weighted by Gasteiger charge is -2.41. The molecule has 3 heteroatoms. The van der Waals surface area contributed by atoms with Gasteiger partial charge in [-0.2, -0.15) is 0 Å². The molecule has 2 nitrogen and oxygen atoms in total. The largest absolute Gasteiger partial charge is 0.353 e. The average molecular weight is 235 g/mol. The summed E-state index contributed by atoms with van der Waals surface area (Å²) in [5.41, 5.74) is 0.515. The Labute approximate surface area is 101 Å². The molecule has 1 aromatic carbocycles. The molecular formula is C14H18FNO. The van der Waals surface area contributed by atoms with Crippen molar-refractivity contribution in [3.05, 3.63) is 35.6 Å². The third kappa shape index (κ3) is 2.19. The molecule has 17 heavy (non-hydrogen) atoms. The molecule has 0 atom stereocenters. The van der Waals surface area contributed by atoms with E-state index in [1.54, 1.807) is 12.1 Å². The van der Waals surface area contributed by atoms with Crippen molar-refractivity contribution in [3.8, 4) is 0 Å². The fourth-order valence-electron chi connectivity index (χ4n) is 2.35. The van der Waals surface area contributed by atoms with Crippen molar-refractivity contribution in [2.45, 2.75) is 44.6 Å². The molecule has 0 spiro atoms. The molecule has 1 aliphatic carbocycles. The fourth-order valence-corrected chi connectivity index (χ4v) is 2.35. The maximum absolute atomic E-state index is 12.9. The number of carbonyl (C=O) groups is 1. The summed E-state index contributed by atoms with van der Waals surface area (Å²) in [6, 6.07) is 6.46. The molecule has 92 valence electrons. The Morgan fingerprint density at radius 3 is 2.29 bits per heavy atom. The average Bonchev–Trinajstić information content (AvgIpc) is 2.18. The van der Waals surface area contributed by atoms with Crippen LogP contribution in [-0.4, -0.2) is 11.9 Å². The van der Waals surface area contributed by atoms with Crippen molar-refractivity contribution in [3.63, 3.8) is 0 Å². The van der Waals surface area contributed by atoms with Gasteiger partial charge in [-0.1, -0.05) is 18.6 Å². The first kappa shape index (κ1) is 12.1. The van der Waals surface area contributed by atoms with Gasteiger partial charge in [0.25, 0.3) is 0 Å². The summed E-state index contributed by atoms with van der Waals surface area (Å²) in [6.07, 6.45) is 2.78. The smallest absolute Gasteiger partial charge is 0.230 e. The highest BCUT2D eigenvalue weighted by Gasteiger charge is 2.45. The molecule has 0 heterocycles. The second-order valence-corrected chi connectivity index (χ2v) is 5.07. The number of halogens is 1. The van der Waals surface area contributed by atoms with E-state index in [0.717, 1.165) is 24.8 Å². The van der Waals surface area contributed by atoms with Gasteiger partial charge in [0.1, 0.15) is 5.82 Å². The lowest BCUT2D eigenvalue weighted by Crippen LogP contribution is -2.51. The molecule has 0 aliphatic heterocycles. The maximum atomic E-state index is 12.9. The highest BCUT2D eigenvalue weighted by Crippen LogP contribution is 2.44. The molecule has 1 aliphatic rings. The molecule has 0 unspecified atom stereocenters. The molecular weight excluding hydrogens is 217 g/mol. The standard InChI is InChI=1S/C14H18FNO/c1-10(2)16-13(17)14(8-3-9-14)11-4-6-12(15)7-5-11/h4-7,10H,3,8-9H2,1-2H3,(H,16,17). The predicted molar refractivity (Wildman–Crippen MR) is 65.2 cm³/mol. The van der Waals surface area contributed by atoms with Crippen LogP contribution in [0, 0.1) is 5.82 Å². The van der Waals surface area contributed by atoms with E-state index in [9.17, 15) is 9.18 Å². The van der Waals surface area contributed by atoms with Gasteiger partial charge in [-0.3, -0.25) is 4.79 Å². The lowest BCUT2D eigenvalue weighted by atomic mass is 9.63. The number of nitrogens with one attached hydrogen (secondary N) is 1. The van der Waals surface area contributed by atoms with Crippen molar-refractivity contribution in [1.82, 2.24) is 5.32 Å². The lowest BCUT2D eigenvalue weighted by molar-refractivity contribution is -0.130. The summed E-state index contributed by atoms with van der Waals surface area (Å²) in [6.45, 7) is 3.91. The number of hydrogen-bond acceptors (Lipinski definition) is 1. The van der Waals surface area contributed by atoms with Crippen molar-refractivity contribution in [2.24, 2.45) is 0 Å². The Morgan fingerprint density at radius 2 is 1.88 bits per heavy atom. The Kier molecular flexibility index (Phi) is 3.18. The summed E-state index contributed by atoms with van der Waals surface area (Å²) < 4.78 is 12.9. The summed E-state index contributed by atoms with van der Waals surface area (Å²) in [5, 5.41) is 2.97. The molecule has 1 fully saturated rings. The van der Waals surface area contributed by atoms with Crippen LogP contribution in [0.2, 0.25) is 0 Å². The molecule has 1 N–H and O–H groups in total. The van der Waals surface area contributed by atoms with Crippen molar-refractivity contribution in [2.75, 3.05) is 0 Å². The van der Waals surface area contributed by atoms with E-state index in [-0.39, 0.29) is 17.8 Å². The van der Waals surface area contributed by atoms with Crippen LogP contribution in [0.15, 0.2) is 24.3 Å². The van der Waals surface area contributed by atoms with E-state index >= 15 is 0 Å². The van der Waals surface area contributed by atoms with Gasteiger partial charge in [-0.05, 0) is 44.4 Å². The normalized spacial score (nSPS) is 17.6. The zero-order chi connectivity index (χ0) is 12.5. The highest BCUT2D eigenvalue weighted by atomic mass is 19.1. The van der Waals surface area contributed by atoms with Crippen LogP contribution in [0.5, 0.6) is 0 Å². The first-order chi connectivity index (χ1) is 8.04. The van der Waals surface area contributed by atoms with Crippen LogP contribution in [0.1, 0.15) is 38.7 Å². The molecule has 1 aromatic rings. The van der Waals surface area contributed by atoms with Crippen LogP contribution < -0.4 is 5.32 Å². The first-order valence-corrected chi connectivity index (χ1v) is 6.11. The monoisotopic (exact) mass is 235 g/mol. The Morgan fingerprint density at radius 1 is 1.29 bits per heavy atom. The van der Waals surface area contributed by atoms with Crippen molar-refractivity contribution in [1.29, 1.82) is 0 Å². The molecule has 1 saturated carbocycles. The fraction of sp³-hybridized carbons (Fsp3) is 0.500. The molecule has 0 radical (unpaired) electrons. The van der Waals surface area contributed by atoms with Gasteiger partial charge >= 0.3 is 0 Å². The Hall–Kier alpha value is -1.38. The topological polar surface area (TPSA) is 29.1 Å². The third-order valence-electron chi connectivity index (χ3n) is 3.46. The van der Waals surface area contributed by atoms with Gasteiger partial charge in [0, 0.05) is 6.04 Å². The first-order valence-electron chi connectivity index (χ1n) is 6.11. The number of amides is 1. The minimum Gasteiger partial charge on any atom is -0.353 e. The van der Waals surface area contributed by atoms with Gasteiger partial charge in [-0.15, -0.1) is 0 Å². The van der Waals surface area contributed by atoms with Crippen molar-refractivity contribution < 1.29 is 9.18 Å². The minimum atomic E-state index is -0.419. The van der Waals surface area contributed by atoms with E-state index in [4.69, 9.17) is 0 Å². The Bertz CT molecular complexity index is 407. The second kappa shape index (κ2) is 4.47. The van der Waals surface area contributed by atoms with Gasteiger partial charge < -0.3 is 5.32 Å². The van der Waals surface area contributed by atoms with Crippen LogP contribution in [0.25, 0.3) is 0 Å². The van der Waals surface area contributed by atoms with Gasteiger partial charge in [0.15, 0.2) is 0 Å². The van der Waals surface area contributed by atoms with E-state index in [0.29, 0.717) is 0 Å². The molecule has 0 aromatic heterocycles. The zero-order valence-corrected chi connectivity index (χ0v) is 10.3. The number of rotatable bonds is 3. The van der Waals surface area contributed by atoms with E-state index in [1.165, 1.54) is 12.1 Å². The maximum Gasteiger partial charge on any atom is 0.230 e. The summed E-state index contributed by atoms with van der Waals surface area (Å²) in [5.74, 6) is -0.183. The molecule has 0 saturated heterocycles. The van der Waals surface area contributed by atoms with E-state index < -0.39 is 5.41 Å². The molecule has 1 amide bonds. The van der Waals surface area contributed by atoms with Crippen LogP contribution in [-0.2, 0) is 10.2 Å². The van der Waals surface area contributed by atoms with Crippen LogP contribution >= 0.6 is 0 Å². The summed E-state index contributed by atoms with van der Waals surface area (Å²) in [7, 11) is 0. The van der Waals surface area contributed by atoms with Crippen LogP contribution in [0.3, 0.4) is 0 Å². The van der Waals surface area contributed by atoms with Gasteiger partial charge in [-0.25, -0.2) is 4.39 Å². The number of hydrogen-bond donors (Lipinski definition) is 1. The van der Waals surface area contributed by atoms with Gasteiger partial charge in [0.05, 0.1) is 5.41 Å². The number of benzene rings is 1. The Balaban J connectivity index is 2.25. The molecule has 2 rings (SSSR count). The molecule has 0 bridgehead atoms. The van der Waals surface area contributed by atoms with E-state index in [2.05, 4.69) is 5.32 Å². The summed E-state index contributed by atoms with van der Waals surface area (Å²) >= 11 is 0. The second-order valence-electron chi connectivity index (χ2n) is 5.07. The van der Waals surface area contributed by atoms with Crippen LogP contribution in [0.4, 0.5) is 4.39 Å². The minimum absolute atomic E-state index is 0.0744. The summed E-state index contributed by atoms with van der Waals surface area (Å²) in [4.78, 5) is 12.2. The number of carbonyl (C=O) groups excluding carboxylic acids is 1. The van der Waals surface area contributed by atoms with Crippen molar-refractivity contribution >= 4 is 5.91 Å². The highest BCUT2D eigenvalue weighted by molar-refractivity contribution is 5.89. The quantitative estimate of drug-likeness (QED) is 0.857.